The van der Waals surface area contributed by atoms with Gasteiger partial charge in [-0.25, -0.2) is 0 Å². The number of alkyl halides is 1. The van der Waals surface area contributed by atoms with Crippen LogP contribution in [-0.4, -0.2) is 43.9 Å². The van der Waals surface area contributed by atoms with Gasteiger partial charge in [-0.3, -0.25) is 4.79 Å². The van der Waals surface area contributed by atoms with Gasteiger partial charge in [-0.05, 0) is 57.8 Å². The van der Waals surface area contributed by atoms with Crippen LogP contribution >= 0.6 is 11.6 Å². The molecule has 0 amide bonds. The van der Waals surface area contributed by atoms with Gasteiger partial charge < -0.3 is 15.6 Å². The molecule has 0 radical (unpaired) electrons. The Labute approximate surface area is 267 Å². The van der Waals surface area contributed by atoms with Crippen LogP contribution in [0, 0.1) is 19.3 Å². The summed E-state index contributed by atoms with van der Waals surface area (Å²) in [6.45, 7) is 14.7. The fourth-order valence-electron chi connectivity index (χ4n) is 3.36. The lowest BCUT2D eigenvalue weighted by molar-refractivity contribution is -0.104. The van der Waals surface area contributed by atoms with Crippen molar-refractivity contribution in [2.75, 3.05) is 26.5 Å². The van der Waals surface area contributed by atoms with Crippen LogP contribution in [0.25, 0.3) is 5.70 Å². The van der Waals surface area contributed by atoms with Crippen LogP contribution in [0.4, 0.5) is 0 Å². The number of aryl methyl sites for hydroxylation is 3. The minimum absolute atomic E-state index is 0.325. The molecule has 0 saturated heterocycles. The summed E-state index contributed by atoms with van der Waals surface area (Å²) in [7, 11) is 3.82. The summed E-state index contributed by atoms with van der Waals surface area (Å²) in [5.41, 5.74) is 5.80. The third kappa shape index (κ3) is 21.6. The molecule has 0 spiro atoms. The zero-order chi connectivity index (χ0) is 32.7. The molecule has 0 atom stereocenters. The van der Waals surface area contributed by atoms with E-state index in [1.807, 2.05) is 83.4 Å². The van der Waals surface area contributed by atoms with Gasteiger partial charge >= 0.3 is 0 Å². The van der Waals surface area contributed by atoms with E-state index in [1.165, 1.54) is 24.0 Å². The molecule has 0 aliphatic rings. The first-order valence-corrected chi connectivity index (χ1v) is 15.4. The number of carbonyl (C=O) groups excluding carboxylic acids is 1. The molecule has 0 fully saturated rings. The molecule has 3 rings (SSSR count). The minimum Gasteiger partial charge on any atom is -0.350 e. The van der Waals surface area contributed by atoms with Crippen molar-refractivity contribution in [2.24, 2.45) is 0 Å². The second-order valence-corrected chi connectivity index (χ2v) is 9.44. The normalized spacial score (nSPS) is 10.0. The monoisotopic (exact) mass is 603 g/mol. The average molecular weight is 604 g/mol. The van der Waals surface area contributed by atoms with E-state index in [1.54, 1.807) is 17.2 Å². The molecule has 0 aromatic heterocycles. The van der Waals surface area contributed by atoms with E-state index in [0.717, 1.165) is 30.3 Å². The van der Waals surface area contributed by atoms with Crippen LogP contribution in [-0.2, 0) is 11.2 Å². The molecule has 4 nitrogen and oxygen atoms in total. The maximum atomic E-state index is 11.1. The van der Waals surface area contributed by atoms with Gasteiger partial charge in [-0.1, -0.05) is 129 Å². The lowest BCUT2D eigenvalue weighted by Gasteiger charge is -2.20. The van der Waals surface area contributed by atoms with Crippen molar-refractivity contribution in [1.82, 2.24) is 10.2 Å². The number of halogens is 1. The number of allylic oxidation sites excluding steroid dienone is 3. The first-order valence-electron chi connectivity index (χ1n) is 14.9. The van der Waals surface area contributed by atoms with Crippen molar-refractivity contribution in [3.05, 3.63) is 138 Å². The van der Waals surface area contributed by atoms with E-state index in [2.05, 4.69) is 68.2 Å². The summed E-state index contributed by atoms with van der Waals surface area (Å²) in [5, 5.41) is 10.5. The van der Waals surface area contributed by atoms with Crippen molar-refractivity contribution < 1.29 is 4.79 Å². The van der Waals surface area contributed by atoms with Crippen LogP contribution < -0.4 is 5.32 Å². The van der Waals surface area contributed by atoms with Gasteiger partial charge in [0.15, 0.2) is 6.29 Å². The Hall–Kier alpha value is -3.73. The first-order chi connectivity index (χ1) is 20.9. The van der Waals surface area contributed by atoms with E-state index in [0.29, 0.717) is 23.4 Å². The van der Waals surface area contributed by atoms with Crippen LogP contribution in [0.3, 0.4) is 0 Å². The Kier molecular flexibility index (Phi) is 28.6. The highest BCUT2D eigenvalue weighted by atomic mass is 35.5. The molecule has 3 aromatic carbocycles. The van der Waals surface area contributed by atoms with E-state index < -0.39 is 0 Å². The molecule has 3 aromatic rings. The van der Waals surface area contributed by atoms with Crippen LogP contribution in [0.2, 0.25) is 0 Å². The van der Waals surface area contributed by atoms with E-state index in [-0.39, 0.29) is 0 Å². The second kappa shape index (κ2) is 29.8. The van der Waals surface area contributed by atoms with E-state index >= 15 is 0 Å². The van der Waals surface area contributed by atoms with Crippen molar-refractivity contribution in [3.8, 4) is 0 Å². The average Bonchev–Trinajstić information content (AvgIpc) is 3.05. The number of benzene rings is 3. The summed E-state index contributed by atoms with van der Waals surface area (Å²) >= 11 is 5.62. The number of nitrogens with zero attached hydrogens (tertiary/aromatic N) is 1. The van der Waals surface area contributed by atoms with Gasteiger partial charge in [-0.15, -0.1) is 18.2 Å². The molecule has 0 bridgehead atoms. The SMILES string of the molecule is C=CCC.CC.CNCCCc1ccccc1.Cc1ccc(/C(=C(/C=N)C=O)N(C)/C=C/CCl)cc1.Cc1ccccc1. The smallest absolute Gasteiger partial charge is 0.153 e. The largest absolute Gasteiger partial charge is 0.350 e. The molecular formula is C38H54ClN3O. The Balaban J connectivity index is 0. The predicted octanol–water partition coefficient (Wildman–Crippen LogP) is 9.68. The Bertz CT molecular complexity index is 1130. The minimum atomic E-state index is 0.325. The number of aldehydes is 1. The van der Waals surface area contributed by atoms with Gasteiger partial charge in [0.25, 0.3) is 0 Å². The lowest BCUT2D eigenvalue weighted by Crippen LogP contribution is -2.13. The van der Waals surface area contributed by atoms with Gasteiger partial charge in [0.2, 0.25) is 0 Å². The summed E-state index contributed by atoms with van der Waals surface area (Å²) in [6, 6.07) is 28.7. The van der Waals surface area contributed by atoms with Crippen LogP contribution in [0.5, 0.6) is 0 Å². The topological polar surface area (TPSA) is 56.2 Å². The molecule has 0 unspecified atom stereocenters. The first kappa shape index (κ1) is 41.4. The predicted molar refractivity (Wildman–Crippen MR) is 192 cm³/mol. The van der Waals surface area contributed by atoms with Crippen molar-refractivity contribution in [3.63, 3.8) is 0 Å². The Morgan fingerprint density at radius 2 is 1.44 bits per heavy atom. The van der Waals surface area contributed by atoms with E-state index in [4.69, 9.17) is 17.0 Å². The molecule has 0 aliphatic heterocycles. The van der Waals surface area contributed by atoms with Gasteiger partial charge in [0.05, 0.1) is 11.3 Å². The third-order valence-electron chi connectivity index (χ3n) is 5.62. The van der Waals surface area contributed by atoms with Crippen LogP contribution in [0.15, 0.2) is 115 Å². The maximum Gasteiger partial charge on any atom is 0.153 e. The zero-order valence-electron chi connectivity index (χ0n) is 27.4. The van der Waals surface area contributed by atoms with Crippen LogP contribution in [0.1, 0.15) is 55.9 Å². The van der Waals surface area contributed by atoms with Gasteiger partial charge in [-0.2, -0.15) is 0 Å². The molecule has 5 heteroatoms. The second-order valence-electron chi connectivity index (χ2n) is 9.13. The third-order valence-corrected chi connectivity index (χ3v) is 5.79. The highest BCUT2D eigenvalue weighted by Gasteiger charge is 2.10. The molecule has 0 heterocycles. The summed E-state index contributed by atoms with van der Waals surface area (Å²) in [5.74, 6) is 0.395. The molecule has 2 N–H and O–H groups in total. The fourth-order valence-corrected chi connectivity index (χ4v) is 3.44. The fraction of sp³-hybridized carbons (Fsp3) is 0.316. The number of carbonyl (C=O) groups is 1. The highest BCUT2D eigenvalue weighted by molar-refractivity contribution is 6.18. The molecule has 0 saturated carbocycles. The summed E-state index contributed by atoms with van der Waals surface area (Å²) in [4.78, 5) is 12.9. The summed E-state index contributed by atoms with van der Waals surface area (Å²) in [6.07, 6.45) is 10.7. The molecular weight excluding hydrogens is 550 g/mol. The summed E-state index contributed by atoms with van der Waals surface area (Å²) < 4.78 is 0. The van der Waals surface area contributed by atoms with Crippen molar-refractivity contribution in [1.29, 1.82) is 5.41 Å². The Morgan fingerprint density at radius 1 is 0.930 bits per heavy atom. The molecule has 0 aliphatic carbocycles. The number of rotatable bonds is 11. The number of hydrogen-bond acceptors (Lipinski definition) is 4. The number of nitrogens with one attached hydrogen (secondary N) is 2. The number of hydrogen-bond donors (Lipinski definition) is 2. The lowest BCUT2D eigenvalue weighted by atomic mass is 10.0. The molecule has 43 heavy (non-hydrogen) atoms. The Morgan fingerprint density at radius 3 is 1.84 bits per heavy atom. The standard InChI is InChI=1S/C15H17ClN2O.C10H15N.C7H8.C4H8.C2H6/c1-12-4-6-13(7-5-12)15(14(10-17)11-19)18(2)9-3-8-16;1-11-9-5-8-10-6-3-2-4-7-10;1-7-5-3-2-4-6-7;1-3-4-2;1-2/h3-7,9-11,17H,8H2,1-2H3;2-4,6-7,11H,5,8-9H2,1H3;2-6H,1H3;3H,1,4H2,2H3;1-2H3/b9-3+,15-14+,17-10?;;;;. The maximum absolute atomic E-state index is 11.1. The van der Waals surface area contributed by atoms with Crippen molar-refractivity contribution in [2.45, 2.75) is 53.9 Å². The van der Waals surface area contributed by atoms with Crippen molar-refractivity contribution >= 4 is 29.8 Å². The van der Waals surface area contributed by atoms with Gasteiger partial charge in [0.1, 0.15) is 0 Å². The highest BCUT2D eigenvalue weighted by Crippen LogP contribution is 2.21. The zero-order valence-corrected chi connectivity index (χ0v) is 28.2. The van der Waals surface area contributed by atoms with E-state index in [9.17, 15) is 4.79 Å². The quantitative estimate of drug-likeness (QED) is 0.0573. The van der Waals surface area contributed by atoms with Gasteiger partial charge in [0, 0.05) is 25.3 Å². The molecule has 234 valence electrons.